The van der Waals surface area contributed by atoms with E-state index < -0.39 is 0 Å². The van der Waals surface area contributed by atoms with E-state index >= 15 is 0 Å². The first-order chi connectivity index (χ1) is 16.5. The van der Waals surface area contributed by atoms with Crippen LogP contribution in [-0.2, 0) is 17.9 Å². The van der Waals surface area contributed by atoms with Gasteiger partial charge in [-0.25, -0.2) is 0 Å². The van der Waals surface area contributed by atoms with E-state index in [1.165, 1.54) is 11.3 Å². The summed E-state index contributed by atoms with van der Waals surface area (Å²) >= 11 is 1.49. The lowest BCUT2D eigenvalue weighted by Gasteiger charge is -2.33. The van der Waals surface area contributed by atoms with Crippen LogP contribution in [0.15, 0.2) is 48.7 Å². The van der Waals surface area contributed by atoms with Crippen molar-refractivity contribution in [3.05, 3.63) is 75.3 Å². The molecule has 3 aromatic rings. The van der Waals surface area contributed by atoms with E-state index in [0.29, 0.717) is 23.9 Å². The van der Waals surface area contributed by atoms with Crippen molar-refractivity contribution in [3.63, 3.8) is 0 Å². The van der Waals surface area contributed by atoms with Gasteiger partial charge in [0.25, 0.3) is 0 Å². The van der Waals surface area contributed by atoms with Gasteiger partial charge in [-0.3, -0.25) is 9.48 Å². The van der Waals surface area contributed by atoms with Crippen LogP contribution in [0, 0.1) is 24.2 Å². The van der Waals surface area contributed by atoms with Gasteiger partial charge >= 0.3 is 0 Å². The molecular formula is C27H29N5OS. The van der Waals surface area contributed by atoms with Crippen molar-refractivity contribution in [3.8, 4) is 17.2 Å². The molecule has 3 heterocycles. The summed E-state index contributed by atoms with van der Waals surface area (Å²) < 4.78 is 1.95. The van der Waals surface area contributed by atoms with Gasteiger partial charge in [0.15, 0.2) is 0 Å². The second kappa shape index (κ2) is 9.21. The fourth-order valence-corrected chi connectivity index (χ4v) is 5.87. The summed E-state index contributed by atoms with van der Waals surface area (Å²) in [6.45, 7) is 6.01. The Hall–Kier alpha value is -3.21. The second-order valence-corrected chi connectivity index (χ2v) is 10.4. The molecule has 1 aromatic carbocycles. The van der Waals surface area contributed by atoms with Crippen molar-refractivity contribution in [2.24, 2.45) is 11.7 Å². The fraction of sp³-hybridized carbons (Fsp3) is 0.370. The number of nitrogens with two attached hydrogens (primary N) is 1. The van der Waals surface area contributed by atoms with Crippen molar-refractivity contribution in [1.82, 2.24) is 14.7 Å². The molecule has 0 bridgehead atoms. The van der Waals surface area contributed by atoms with Crippen LogP contribution < -0.4 is 5.73 Å². The number of benzene rings is 1. The van der Waals surface area contributed by atoms with Crippen molar-refractivity contribution >= 4 is 17.2 Å². The maximum Gasteiger partial charge on any atom is 0.246 e. The first-order valence-electron chi connectivity index (χ1n) is 11.9. The molecule has 34 heavy (non-hydrogen) atoms. The number of nitriles is 1. The Morgan fingerprint density at radius 1 is 1.32 bits per heavy atom. The quantitative estimate of drug-likeness (QED) is 0.533. The molecule has 1 unspecified atom stereocenters. The molecule has 5 rings (SSSR count). The Balaban J connectivity index is 1.53. The summed E-state index contributed by atoms with van der Waals surface area (Å²) in [5.74, 6) is 0.475. The molecule has 174 valence electrons. The molecule has 2 aromatic heterocycles. The van der Waals surface area contributed by atoms with E-state index in [9.17, 15) is 10.1 Å². The van der Waals surface area contributed by atoms with Crippen molar-refractivity contribution in [2.45, 2.75) is 51.7 Å². The van der Waals surface area contributed by atoms with Crippen molar-refractivity contribution in [1.29, 1.82) is 5.26 Å². The highest BCUT2D eigenvalue weighted by molar-refractivity contribution is 7.12. The number of aryl methyl sites for hydroxylation is 2. The van der Waals surface area contributed by atoms with Crippen LogP contribution in [0.2, 0.25) is 0 Å². The van der Waals surface area contributed by atoms with Gasteiger partial charge in [-0.2, -0.15) is 10.4 Å². The minimum atomic E-state index is -0.0502. The van der Waals surface area contributed by atoms with E-state index in [-0.39, 0.29) is 17.9 Å². The van der Waals surface area contributed by atoms with E-state index in [0.717, 1.165) is 52.2 Å². The monoisotopic (exact) mass is 471 g/mol. The average molecular weight is 472 g/mol. The maximum atomic E-state index is 13.2. The second-order valence-electron chi connectivity index (χ2n) is 9.22. The number of aromatic nitrogens is 2. The highest BCUT2D eigenvalue weighted by Gasteiger charge is 2.33. The highest BCUT2D eigenvalue weighted by Crippen LogP contribution is 2.42. The molecule has 1 fully saturated rings. The van der Waals surface area contributed by atoms with E-state index in [2.05, 4.69) is 36.4 Å². The topological polar surface area (TPSA) is 87.9 Å². The first-order valence-corrected chi connectivity index (χ1v) is 12.7. The molecule has 0 spiro atoms. The van der Waals surface area contributed by atoms with Crippen LogP contribution in [0.1, 0.15) is 52.3 Å². The van der Waals surface area contributed by atoms with E-state index in [4.69, 9.17) is 5.73 Å². The lowest BCUT2D eigenvalue weighted by Crippen LogP contribution is -2.37. The number of carbonyl (C=O) groups is 1. The van der Waals surface area contributed by atoms with Gasteiger partial charge in [0, 0.05) is 47.8 Å². The Labute approximate surface area is 204 Å². The Kier molecular flexibility index (Phi) is 6.11. The summed E-state index contributed by atoms with van der Waals surface area (Å²) in [5.41, 5.74) is 11.7. The minimum absolute atomic E-state index is 0.0165. The molecule has 2 aliphatic rings. The van der Waals surface area contributed by atoms with Gasteiger partial charge in [-0.15, -0.1) is 11.3 Å². The largest absolute Gasteiger partial charge is 0.333 e. The zero-order valence-electron chi connectivity index (χ0n) is 19.6. The number of rotatable bonds is 6. The Morgan fingerprint density at radius 3 is 2.82 bits per heavy atom. The molecule has 1 amide bonds. The number of amides is 1. The molecule has 1 aliphatic heterocycles. The predicted octanol–water partition coefficient (Wildman–Crippen LogP) is 4.58. The number of hydrogen-bond donors (Lipinski definition) is 1. The number of fused-ring (bicyclic) bond motifs is 1. The average Bonchev–Trinajstić information content (AvgIpc) is 3.52. The standard InChI is InChI=1S/C27H29N5OS/c1-3-32-15-23(17(2)30-32)20-6-4-5-7-21(20)24-14-31(16-26-22(24)12-19(13-28)34-26)27(33)11-10-25(29)18-8-9-18/h4-7,10-12,15,18,24-25H,3,8-9,14,16,29H2,1-2H3/b11-10+/t24-,25?/m0/s1. The summed E-state index contributed by atoms with van der Waals surface area (Å²) in [6.07, 6.45) is 7.88. The zero-order valence-corrected chi connectivity index (χ0v) is 20.4. The third kappa shape index (κ3) is 4.31. The van der Waals surface area contributed by atoms with Gasteiger partial charge in [0.2, 0.25) is 5.91 Å². The lowest BCUT2D eigenvalue weighted by molar-refractivity contribution is -0.127. The van der Waals surface area contributed by atoms with Gasteiger partial charge in [-0.1, -0.05) is 30.3 Å². The summed E-state index contributed by atoms with van der Waals surface area (Å²) in [5, 5.41) is 14.2. The van der Waals surface area contributed by atoms with Crippen LogP contribution in [-0.4, -0.2) is 33.2 Å². The smallest absolute Gasteiger partial charge is 0.246 e. The molecule has 7 heteroatoms. The minimum Gasteiger partial charge on any atom is -0.333 e. The maximum absolute atomic E-state index is 13.2. The van der Waals surface area contributed by atoms with E-state index in [1.807, 2.05) is 40.8 Å². The van der Waals surface area contributed by atoms with Gasteiger partial charge in [0.05, 0.1) is 12.2 Å². The Bertz CT molecular complexity index is 1290. The van der Waals surface area contributed by atoms with E-state index in [1.54, 1.807) is 6.08 Å². The first kappa shape index (κ1) is 22.6. The number of hydrogen-bond acceptors (Lipinski definition) is 5. The molecule has 1 aliphatic carbocycles. The summed E-state index contributed by atoms with van der Waals surface area (Å²) in [4.78, 5) is 16.8. The van der Waals surface area contributed by atoms with Crippen LogP contribution in [0.3, 0.4) is 0 Å². The third-order valence-corrected chi connectivity index (χ3v) is 7.94. The number of thiophene rings is 1. The molecule has 2 atom stereocenters. The highest BCUT2D eigenvalue weighted by atomic mass is 32.1. The summed E-state index contributed by atoms with van der Waals surface area (Å²) in [7, 11) is 0. The molecule has 0 saturated heterocycles. The SMILES string of the molecule is CCn1cc(-c2ccccc2[C@@H]2CN(C(=O)/C=C/C(N)C3CC3)Cc3sc(C#N)cc32)c(C)n1. The molecule has 1 saturated carbocycles. The fourth-order valence-electron chi connectivity index (χ4n) is 4.83. The lowest BCUT2D eigenvalue weighted by atomic mass is 9.84. The number of carbonyl (C=O) groups excluding carboxylic acids is 1. The van der Waals surface area contributed by atoms with Gasteiger partial charge in [-0.05, 0) is 55.4 Å². The van der Waals surface area contributed by atoms with Gasteiger partial charge in [0.1, 0.15) is 10.9 Å². The normalized spacial score (nSPS) is 18.6. The molecule has 0 radical (unpaired) electrons. The molecular weight excluding hydrogens is 442 g/mol. The summed E-state index contributed by atoms with van der Waals surface area (Å²) in [6, 6.07) is 12.6. The number of nitrogens with zero attached hydrogens (tertiary/aromatic N) is 4. The van der Waals surface area contributed by atoms with Crippen LogP contribution in [0.25, 0.3) is 11.1 Å². The van der Waals surface area contributed by atoms with Crippen LogP contribution in [0.5, 0.6) is 0 Å². The predicted molar refractivity (Wildman–Crippen MR) is 134 cm³/mol. The third-order valence-electron chi connectivity index (χ3n) is 6.90. The molecule has 2 N–H and O–H groups in total. The van der Waals surface area contributed by atoms with Crippen LogP contribution in [0.4, 0.5) is 0 Å². The van der Waals surface area contributed by atoms with Crippen molar-refractivity contribution < 1.29 is 4.79 Å². The van der Waals surface area contributed by atoms with Gasteiger partial charge < -0.3 is 10.6 Å². The van der Waals surface area contributed by atoms with Crippen LogP contribution >= 0.6 is 11.3 Å². The zero-order chi connectivity index (χ0) is 23.8. The van der Waals surface area contributed by atoms with Crippen molar-refractivity contribution in [2.75, 3.05) is 6.54 Å². The molecule has 6 nitrogen and oxygen atoms in total. The Morgan fingerprint density at radius 2 is 2.12 bits per heavy atom.